The van der Waals surface area contributed by atoms with E-state index in [-0.39, 0.29) is 18.0 Å². The second kappa shape index (κ2) is 6.89. The Morgan fingerprint density at radius 3 is 2.55 bits per heavy atom. The molecule has 1 aromatic carbocycles. The maximum absolute atomic E-state index is 12.3. The molecule has 0 aliphatic carbocycles. The van der Waals surface area contributed by atoms with Crippen LogP contribution in [0.25, 0.3) is 0 Å². The third kappa shape index (κ3) is 3.60. The third-order valence-electron chi connectivity index (χ3n) is 4.09. The van der Waals surface area contributed by atoms with Crippen molar-refractivity contribution in [1.29, 1.82) is 0 Å². The smallest absolute Gasteiger partial charge is 0.237 e. The molecule has 3 heteroatoms. The Balaban J connectivity index is 2.07. The molecule has 1 aromatic rings. The minimum Gasteiger partial charge on any atom is -0.348 e. The number of aryl methyl sites for hydroxylation is 1. The minimum absolute atomic E-state index is 0.00818. The van der Waals surface area contributed by atoms with Gasteiger partial charge in [-0.15, -0.1) is 0 Å². The Morgan fingerprint density at radius 1 is 1.35 bits per heavy atom. The van der Waals surface area contributed by atoms with Crippen molar-refractivity contribution in [3.63, 3.8) is 0 Å². The van der Waals surface area contributed by atoms with Gasteiger partial charge in [-0.25, -0.2) is 0 Å². The van der Waals surface area contributed by atoms with Crippen molar-refractivity contribution in [2.75, 3.05) is 6.54 Å². The van der Waals surface area contributed by atoms with Gasteiger partial charge in [0.25, 0.3) is 0 Å². The maximum Gasteiger partial charge on any atom is 0.237 e. The van der Waals surface area contributed by atoms with Gasteiger partial charge in [-0.1, -0.05) is 45.0 Å². The molecule has 2 rings (SSSR count). The molecular formula is C17H26N2O. The molecule has 1 fully saturated rings. The van der Waals surface area contributed by atoms with Crippen LogP contribution in [0, 0.1) is 5.92 Å². The Morgan fingerprint density at radius 2 is 2.05 bits per heavy atom. The van der Waals surface area contributed by atoms with Gasteiger partial charge in [-0.05, 0) is 42.9 Å². The van der Waals surface area contributed by atoms with Crippen molar-refractivity contribution in [3.05, 3.63) is 35.4 Å². The largest absolute Gasteiger partial charge is 0.348 e. The molecule has 0 aromatic heterocycles. The molecule has 1 aliphatic rings. The summed E-state index contributed by atoms with van der Waals surface area (Å²) < 4.78 is 0. The normalized spacial score (nSPS) is 20.1. The predicted octanol–water partition coefficient (Wildman–Crippen LogP) is 2.81. The fourth-order valence-electron chi connectivity index (χ4n) is 2.76. The van der Waals surface area contributed by atoms with Gasteiger partial charge in [0.2, 0.25) is 5.91 Å². The number of nitrogens with one attached hydrogen (secondary N) is 2. The lowest BCUT2D eigenvalue weighted by atomic mass is 9.94. The lowest BCUT2D eigenvalue weighted by Gasteiger charge is -2.25. The van der Waals surface area contributed by atoms with E-state index >= 15 is 0 Å². The predicted molar refractivity (Wildman–Crippen MR) is 82.6 cm³/mol. The van der Waals surface area contributed by atoms with Crippen molar-refractivity contribution in [2.24, 2.45) is 5.92 Å². The monoisotopic (exact) mass is 274 g/mol. The highest BCUT2D eigenvalue weighted by Crippen LogP contribution is 2.23. The van der Waals surface area contributed by atoms with Crippen LogP contribution in [0.2, 0.25) is 0 Å². The lowest BCUT2D eigenvalue weighted by molar-refractivity contribution is -0.123. The highest BCUT2D eigenvalue weighted by atomic mass is 16.2. The molecule has 0 saturated carbocycles. The van der Waals surface area contributed by atoms with Gasteiger partial charge in [-0.2, -0.15) is 0 Å². The number of hydrogen-bond donors (Lipinski definition) is 2. The van der Waals surface area contributed by atoms with Crippen LogP contribution >= 0.6 is 0 Å². The van der Waals surface area contributed by atoms with Crippen LogP contribution in [0.3, 0.4) is 0 Å². The van der Waals surface area contributed by atoms with Crippen molar-refractivity contribution in [2.45, 2.75) is 52.1 Å². The number of hydrogen-bond acceptors (Lipinski definition) is 2. The van der Waals surface area contributed by atoms with Crippen LogP contribution < -0.4 is 10.6 Å². The summed E-state index contributed by atoms with van der Waals surface area (Å²) in [5.74, 6) is 0.522. The third-order valence-corrected chi connectivity index (χ3v) is 4.09. The van der Waals surface area contributed by atoms with E-state index in [2.05, 4.69) is 55.7 Å². The van der Waals surface area contributed by atoms with E-state index < -0.39 is 0 Å². The van der Waals surface area contributed by atoms with E-state index in [4.69, 9.17) is 0 Å². The number of rotatable bonds is 5. The Hall–Kier alpha value is -1.35. The maximum atomic E-state index is 12.3. The highest BCUT2D eigenvalue weighted by Gasteiger charge is 2.26. The van der Waals surface area contributed by atoms with Gasteiger partial charge in [-0.3, -0.25) is 4.79 Å². The van der Waals surface area contributed by atoms with Crippen LogP contribution in [-0.4, -0.2) is 18.5 Å². The molecule has 0 bridgehead atoms. The second-order valence-corrected chi connectivity index (χ2v) is 5.97. The summed E-state index contributed by atoms with van der Waals surface area (Å²) in [4.78, 5) is 12.3. The molecule has 1 heterocycles. The van der Waals surface area contributed by atoms with E-state index in [0.717, 1.165) is 25.8 Å². The standard InChI is InChI=1S/C17H26N2O/c1-4-13-7-9-14(10-8-13)16(12(2)3)19-17(20)15-6-5-11-18-15/h7-10,12,15-16,18H,4-6,11H2,1-3H3,(H,19,20)/t15-,16?/m0/s1. The van der Waals surface area contributed by atoms with Gasteiger partial charge >= 0.3 is 0 Å². The first-order chi connectivity index (χ1) is 9.61. The van der Waals surface area contributed by atoms with E-state index in [0.29, 0.717) is 5.92 Å². The van der Waals surface area contributed by atoms with Crippen molar-refractivity contribution < 1.29 is 4.79 Å². The van der Waals surface area contributed by atoms with Gasteiger partial charge in [0, 0.05) is 0 Å². The zero-order valence-electron chi connectivity index (χ0n) is 12.8. The SMILES string of the molecule is CCc1ccc(C(NC(=O)[C@@H]2CCCN2)C(C)C)cc1. The molecule has 1 unspecified atom stereocenters. The molecule has 2 atom stereocenters. The number of benzene rings is 1. The molecule has 110 valence electrons. The summed E-state index contributed by atoms with van der Waals surface area (Å²) in [5, 5.41) is 6.47. The Kier molecular flexibility index (Phi) is 5.18. The zero-order chi connectivity index (χ0) is 14.5. The lowest BCUT2D eigenvalue weighted by Crippen LogP contribution is -2.43. The van der Waals surface area contributed by atoms with Crippen LogP contribution in [0.4, 0.5) is 0 Å². The molecule has 1 aliphatic heterocycles. The molecule has 20 heavy (non-hydrogen) atoms. The zero-order valence-corrected chi connectivity index (χ0v) is 12.8. The molecule has 2 N–H and O–H groups in total. The van der Waals surface area contributed by atoms with E-state index in [1.54, 1.807) is 0 Å². The molecule has 3 nitrogen and oxygen atoms in total. The second-order valence-electron chi connectivity index (χ2n) is 5.97. The number of amides is 1. The topological polar surface area (TPSA) is 41.1 Å². The molecule has 1 saturated heterocycles. The first kappa shape index (κ1) is 15.0. The van der Waals surface area contributed by atoms with Crippen molar-refractivity contribution in [3.8, 4) is 0 Å². The minimum atomic E-state index is -0.00818. The van der Waals surface area contributed by atoms with Gasteiger partial charge in [0.15, 0.2) is 0 Å². The number of carbonyl (C=O) groups excluding carboxylic acids is 1. The van der Waals surface area contributed by atoms with E-state index in [1.165, 1.54) is 11.1 Å². The van der Waals surface area contributed by atoms with Crippen LogP contribution in [-0.2, 0) is 11.2 Å². The van der Waals surface area contributed by atoms with Gasteiger partial charge in [0.1, 0.15) is 0 Å². The van der Waals surface area contributed by atoms with Crippen LogP contribution in [0.1, 0.15) is 50.8 Å². The van der Waals surface area contributed by atoms with Crippen molar-refractivity contribution in [1.82, 2.24) is 10.6 Å². The van der Waals surface area contributed by atoms with Crippen LogP contribution in [0.5, 0.6) is 0 Å². The summed E-state index contributed by atoms with van der Waals surface area (Å²) in [5.41, 5.74) is 2.53. The van der Waals surface area contributed by atoms with E-state index in [1.807, 2.05) is 0 Å². The quantitative estimate of drug-likeness (QED) is 0.867. The first-order valence-corrected chi connectivity index (χ1v) is 7.74. The first-order valence-electron chi connectivity index (χ1n) is 7.74. The van der Waals surface area contributed by atoms with Gasteiger partial charge in [0.05, 0.1) is 12.1 Å². The molecular weight excluding hydrogens is 248 g/mol. The molecule has 1 amide bonds. The fraction of sp³-hybridized carbons (Fsp3) is 0.588. The summed E-state index contributed by atoms with van der Waals surface area (Å²) >= 11 is 0. The van der Waals surface area contributed by atoms with Crippen molar-refractivity contribution >= 4 is 5.91 Å². The Labute approximate surface area is 122 Å². The molecule has 0 radical (unpaired) electrons. The number of carbonyl (C=O) groups is 1. The van der Waals surface area contributed by atoms with Crippen LogP contribution in [0.15, 0.2) is 24.3 Å². The average Bonchev–Trinajstić information content (AvgIpc) is 2.98. The summed E-state index contributed by atoms with van der Waals surface area (Å²) in [6.07, 6.45) is 3.09. The van der Waals surface area contributed by atoms with Gasteiger partial charge < -0.3 is 10.6 Å². The summed E-state index contributed by atoms with van der Waals surface area (Å²) in [6, 6.07) is 8.69. The molecule has 0 spiro atoms. The fourth-order valence-corrected chi connectivity index (χ4v) is 2.76. The Bertz CT molecular complexity index is 433. The van der Waals surface area contributed by atoms with E-state index in [9.17, 15) is 4.79 Å². The summed E-state index contributed by atoms with van der Waals surface area (Å²) in [7, 11) is 0. The summed E-state index contributed by atoms with van der Waals surface area (Å²) in [6.45, 7) is 7.42. The average molecular weight is 274 g/mol. The highest BCUT2D eigenvalue weighted by molar-refractivity contribution is 5.82.